The van der Waals surface area contributed by atoms with Crippen LogP contribution in [0.2, 0.25) is 0 Å². The number of nitrogens with zero attached hydrogens (tertiary/aromatic N) is 2. The van der Waals surface area contributed by atoms with Gasteiger partial charge in [0.1, 0.15) is 5.82 Å². The van der Waals surface area contributed by atoms with Gasteiger partial charge in [-0.05, 0) is 43.7 Å². The summed E-state index contributed by atoms with van der Waals surface area (Å²) in [6.45, 7) is 4.43. The molecular weight excluding hydrogens is 234 g/mol. The quantitative estimate of drug-likeness (QED) is 0.906. The molecule has 0 amide bonds. The predicted molar refractivity (Wildman–Crippen MR) is 81.4 cm³/mol. The molecule has 1 aliphatic rings. The number of anilines is 1. The molecule has 0 aromatic carbocycles. The second kappa shape index (κ2) is 6.38. The summed E-state index contributed by atoms with van der Waals surface area (Å²) < 4.78 is 0. The molecule has 2 N–H and O–H groups in total. The lowest BCUT2D eigenvalue weighted by Gasteiger charge is -2.37. The Morgan fingerprint density at radius 1 is 1.42 bits per heavy atom. The Morgan fingerprint density at radius 3 is 2.84 bits per heavy atom. The van der Waals surface area contributed by atoms with Crippen molar-refractivity contribution >= 4 is 5.82 Å². The zero-order valence-electron chi connectivity index (χ0n) is 12.5. The minimum atomic E-state index is 0.181. The van der Waals surface area contributed by atoms with E-state index in [2.05, 4.69) is 36.8 Å². The molecule has 1 aromatic rings. The van der Waals surface area contributed by atoms with Crippen molar-refractivity contribution in [1.29, 1.82) is 0 Å². The van der Waals surface area contributed by atoms with E-state index in [1.54, 1.807) is 0 Å². The van der Waals surface area contributed by atoms with Crippen molar-refractivity contribution in [1.82, 2.24) is 4.98 Å². The highest BCUT2D eigenvalue weighted by atomic mass is 15.2. The van der Waals surface area contributed by atoms with E-state index in [1.165, 1.54) is 31.2 Å². The molecule has 0 radical (unpaired) electrons. The summed E-state index contributed by atoms with van der Waals surface area (Å²) in [7, 11) is 2.19. The molecule has 19 heavy (non-hydrogen) atoms. The molecule has 1 saturated carbocycles. The lowest BCUT2D eigenvalue weighted by molar-refractivity contribution is 0.320. The molecule has 3 nitrogen and oxygen atoms in total. The van der Waals surface area contributed by atoms with Crippen LogP contribution in [0.1, 0.15) is 45.1 Å². The second-order valence-corrected chi connectivity index (χ2v) is 6.11. The first-order chi connectivity index (χ1) is 9.09. The molecule has 2 rings (SSSR count). The fourth-order valence-electron chi connectivity index (χ4n) is 3.28. The van der Waals surface area contributed by atoms with E-state index >= 15 is 0 Å². The highest BCUT2D eigenvalue weighted by Gasteiger charge is 2.26. The molecule has 106 valence electrons. The average molecular weight is 261 g/mol. The summed E-state index contributed by atoms with van der Waals surface area (Å²) in [5, 5.41) is 0. The van der Waals surface area contributed by atoms with E-state index in [0.29, 0.717) is 6.04 Å². The molecule has 0 bridgehead atoms. The van der Waals surface area contributed by atoms with Crippen LogP contribution in [0.15, 0.2) is 18.3 Å². The molecule has 0 saturated heterocycles. The van der Waals surface area contributed by atoms with Gasteiger partial charge < -0.3 is 10.6 Å². The van der Waals surface area contributed by atoms with Gasteiger partial charge in [-0.3, -0.25) is 0 Å². The maximum Gasteiger partial charge on any atom is 0.131 e. The summed E-state index contributed by atoms with van der Waals surface area (Å²) in [6, 6.07) is 4.98. The van der Waals surface area contributed by atoms with Crippen molar-refractivity contribution in [2.75, 3.05) is 11.9 Å². The molecule has 0 aliphatic heterocycles. The van der Waals surface area contributed by atoms with Gasteiger partial charge in [0.2, 0.25) is 0 Å². The van der Waals surface area contributed by atoms with Gasteiger partial charge in [0.05, 0.1) is 0 Å². The first-order valence-electron chi connectivity index (χ1n) is 7.52. The molecule has 0 spiro atoms. The third kappa shape index (κ3) is 3.47. The third-order valence-corrected chi connectivity index (χ3v) is 4.31. The zero-order valence-corrected chi connectivity index (χ0v) is 12.5. The normalized spacial score (nSPS) is 25.1. The monoisotopic (exact) mass is 261 g/mol. The van der Waals surface area contributed by atoms with Gasteiger partial charge in [-0.1, -0.05) is 25.8 Å². The molecular formula is C16H27N3. The van der Waals surface area contributed by atoms with Gasteiger partial charge >= 0.3 is 0 Å². The summed E-state index contributed by atoms with van der Waals surface area (Å²) >= 11 is 0. The van der Waals surface area contributed by atoms with Crippen LogP contribution in [0.25, 0.3) is 0 Å². The van der Waals surface area contributed by atoms with Crippen LogP contribution < -0.4 is 10.6 Å². The first kappa shape index (κ1) is 14.3. The first-order valence-corrected chi connectivity index (χ1v) is 7.52. The van der Waals surface area contributed by atoms with Crippen molar-refractivity contribution < 1.29 is 0 Å². The topological polar surface area (TPSA) is 42.1 Å². The van der Waals surface area contributed by atoms with E-state index in [4.69, 9.17) is 5.73 Å². The van der Waals surface area contributed by atoms with E-state index in [9.17, 15) is 0 Å². The zero-order chi connectivity index (χ0) is 13.8. The van der Waals surface area contributed by atoms with Crippen molar-refractivity contribution in [3.05, 3.63) is 23.9 Å². The Bertz CT molecular complexity index is 403. The number of hydrogen-bond acceptors (Lipinski definition) is 3. The van der Waals surface area contributed by atoms with Crippen molar-refractivity contribution in [3.8, 4) is 0 Å². The maximum absolute atomic E-state index is 5.95. The number of rotatable bonds is 4. The molecule has 1 aromatic heterocycles. The summed E-state index contributed by atoms with van der Waals surface area (Å²) in [5.74, 6) is 1.88. The summed E-state index contributed by atoms with van der Waals surface area (Å²) in [5.41, 5.74) is 7.23. The molecule has 3 unspecified atom stereocenters. The summed E-state index contributed by atoms with van der Waals surface area (Å²) in [6.07, 6.45) is 8.13. The standard InChI is InChI=1S/C16H27N3/c1-12-7-4-5-9-15(12)19(3)16-14(11-13(2)17)8-6-10-18-16/h6,8,10,12-13,15H,4-5,7,9,11,17H2,1-3H3. The number of aromatic nitrogens is 1. The fourth-order valence-corrected chi connectivity index (χ4v) is 3.28. The van der Waals surface area contributed by atoms with Crippen molar-refractivity contribution in [2.24, 2.45) is 11.7 Å². The number of nitrogens with two attached hydrogens (primary N) is 1. The largest absolute Gasteiger partial charge is 0.356 e. The van der Waals surface area contributed by atoms with Crippen LogP contribution in [-0.4, -0.2) is 24.1 Å². The van der Waals surface area contributed by atoms with Gasteiger partial charge in [0, 0.05) is 25.3 Å². The Hall–Kier alpha value is -1.09. The second-order valence-electron chi connectivity index (χ2n) is 6.11. The Morgan fingerprint density at radius 2 is 2.16 bits per heavy atom. The van der Waals surface area contributed by atoms with Gasteiger partial charge in [0.15, 0.2) is 0 Å². The van der Waals surface area contributed by atoms with E-state index in [-0.39, 0.29) is 6.04 Å². The van der Waals surface area contributed by atoms with E-state index < -0.39 is 0 Å². The average Bonchev–Trinajstić information content (AvgIpc) is 2.38. The van der Waals surface area contributed by atoms with Gasteiger partial charge in [-0.2, -0.15) is 0 Å². The SMILES string of the molecule is CC(N)Cc1cccnc1N(C)C1CCCCC1C. The van der Waals surface area contributed by atoms with Crippen LogP contribution in [0.3, 0.4) is 0 Å². The van der Waals surface area contributed by atoms with Crippen molar-refractivity contribution in [3.63, 3.8) is 0 Å². The number of pyridine rings is 1. The predicted octanol–water partition coefficient (Wildman–Crippen LogP) is 2.99. The summed E-state index contributed by atoms with van der Waals surface area (Å²) in [4.78, 5) is 7.00. The highest BCUT2D eigenvalue weighted by Crippen LogP contribution is 2.31. The minimum Gasteiger partial charge on any atom is -0.356 e. The third-order valence-electron chi connectivity index (χ3n) is 4.31. The molecule has 3 heteroatoms. The minimum absolute atomic E-state index is 0.181. The smallest absolute Gasteiger partial charge is 0.131 e. The lowest BCUT2D eigenvalue weighted by Crippen LogP contribution is -2.40. The lowest BCUT2D eigenvalue weighted by atomic mass is 9.85. The number of hydrogen-bond donors (Lipinski definition) is 1. The van der Waals surface area contributed by atoms with Crippen LogP contribution in [0, 0.1) is 5.92 Å². The van der Waals surface area contributed by atoms with Gasteiger partial charge in [0.25, 0.3) is 0 Å². The fraction of sp³-hybridized carbons (Fsp3) is 0.688. The van der Waals surface area contributed by atoms with Crippen LogP contribution in [0.5, 0.6) is 0 Å². The van der Waals surface area contributed by atoms with Crippen LogP contribution in [0.4, 0.5) is 5.82 Å². The Labute approximate surface area is 117 Å². The van der Waals surface area contributed by atoms with E-state index in [0.717, 1.165) is 18.2 Å². The highest BCUT2D eigenvalue weighted by molar-refractivity contribution is 5.47. The molecule has 3 atom stereocenters. The Balaban J connectivity index is 2.20. The van der Waals surface area contributed by atoms with Gasteiger partial charge in [-0.15, -0.1) is 0 Å². The van der Waals surface area contributed by atoms with Gasteiger partial charge in [-0.25, -0.2) is 4.98 Å². The molecule has 1 fully saturated rings. The van der Waals surface area contributed by atoms with Crippen molar-refractivity contribution in [2.45, 2.75) is 58.0 Å². The molecule has 1 heterocycles. The Kier molecular flexibility index (Phi) is 4.81. The van der Waals surface area contributed by atoms with Crippen LogP contribution in [-0.2, 0) is 6.42 Å². The maximum atomic E-state index is 5.95. The van der Waals surface area contributed by atoms with E-state index in [1.807, 2.05) is 12.3 Å². The molecule has 1 aliphatic carbocycles. The van der Waals surface area contributed by atoms with Crippen LogP contribution >= 0.6 is 0 Å².